The molecule has 0 bridgehead atoms. The van der Waals surface area contributed by atoms with Crippen LogP contribution in [0, 0.1) is 0 Å². The molecule has 1 heterocycles. The highest BCUT2D eigenvalue weighted by Crippen LogP contribution is 2.21. The summed E-state index contributed by atoms with van der Waals surface area (Å²) >= 11 is 1.78. The number of thiophene rings is 1. The van der Waals surface area contributed by atoms with E-state index in [0.29, 0.717) is 10.8 Å². The Labute approximate surface area is 130 Å². The molecule has 0 radical (unpaired) electrons. The predicted molar refractivity (Wildman–Crippen MR) is 88.7 cm³/mol. The van der Waals surface area contributed by atoms with Crippen LogP contribution in [-0.2, 0) is 9.84 Å². The maximum atomic E-state index is 11.4. The highest BCUT2D eigenvalue weighted by molar-refractivity contribution is 7.90. The van der Waals surface area contributed by atoms with Crippen molar-refractivity contribution in [3.8, 4) is 0 Å². The van der Waals surface area contributed by atoms with E-state index in [1.807, 2.05) is 12.1 Å². The van der Waals surface area contributed by atoms with Gasteiger partial charge in [0.1, 0.15) is 0 Å². The quantitative estimate of drug-likeness (QED) is 0.883. The van der Waals surface area contributed by atoms with Crippen molar-refractivity contribution in [2.45, 2.75) is 30.7 Å². The predicted octanol–water partition coefficient (Wildman–Crippen LogP) is 3.61. The minimum atomic E-state index is -3.12. The molecule has 0 aliphatic rings. The zero-order valence-corrected chi connectivity index (χ0v) is 14.2. The molecule has 0 aliphatic carbocycles. The Kier molecular flexibility index (Phi) is 5.19. The lowest BCUT2D eigenvalue weighted by Crippen LogP contribution is -2.23. The minimum absolute atomic E-state index is 0.195. The Morgan fingerprint density at radius 1 is 1.14 bits per heavy atom. The summed E-state index contributed by atoms with van der Waals surface area (Å²) in [5.41, 5.74) is 1.10. The van der Waals surface area contributed by atoms with Crippen LogP contribution < -0.4 is 5.32 Å². The van der Waals surface area contributed by atoms with Crippen molar-refractivity contribution in [2.24, 2.45) is 0 Å². The Balaban J connectivity index is 1.96. The van der Waals surface area contributed by atoms with Crippen LogP contribution in [0.15, 0.2) is 46.7 Å². The summed E-state index contributed by atoms with van der Waals surface area (Å²) in [7, 11) is -3.12. The SMILES string of the molecule is CC(CNC(C)c1ccc(S(C)(=O)=O)cc1)c1cccs1. The van der Waals surface area contributed by atoms with Gasteiger partial charge < -0.3 is 5.32 Å². The number of sulfone groups is 1. The van der Waals surface area contributed by atoms with Crippen molar-refractivity contribution in [1.29, 1.82) is 0 Å². The normalized spacial score (nSPS) is 14.8. The second-order valence-electron chi connectivity index (χ2n) is 5.39. The second kappa shape index (κ2) is 6.73. The smallest absolute Gasteiger partial charge is 0.175 e. The molecule has 2 rings (SSSR count). The molecule has 2 unspecified atom stereocenters. The minimum Gasteiger partial charge on any atom is -0.310 e. The molecule has 21 heavy (non-hydrogen) atoms. The molecule has 0 fully saturated rings. The molecule has 2 aromatic rings. The van der Waals surface area contributed by atoms with Crippen LogP contribution in [0.3, 0.4) is 0 Å². The number of benzene rings is 1. The molecule has 3 nitrogen and oxygen atoms in total. The molecule has 1 aromatic carbocycles. The van der Waals surface area contributed by atoms with Gasteiger partial charge in [0.25, 0.3) is 0 Å². The molecule has 0 spiro atoms. The summed E-state index contributed by atoms with van der Waals surface area (Å²) in [6.45, 7) is 5.20. The lowest BCUT2D eigenvalue weighted by molar-refractivity contribution is 0.540. The number of hydrogen-bond donors (Lipinski definition) is 1. The van der Waals surface area contributed by atoms with Crippen LogP contribution in [0.4, 0.5) is 0 Å². The molecule has 2 atom stereocenters. The number of rotatable bonds is 6. The Bertz CT molecular complexity index is 661. The highest BCUT2D eigenvalue weighted by Gasteiger charge is 2.11. The second-order valence-corrected chi connectivity index (χ2v) is 8.38. The van der Waals surface area contributed by atoms with Gasteiger partial charge in [0.2, 0.25) is 0 Å². The van der Waals surface area contributed by atoms with Gasteiger partial charge in [0.05, 0.1) is 4.90 Å². The summed E-state index contributed by atoms with van der Waals surface area (Å²) in [6.07, 6.45) is 1.23. The monoisotopic (exact) mass is 323 g/mol. The lowest BCUT2D eigenvalue weighted by Gasteiger charge is -2.17. The van der Waals surface area contributed by atoms with Gasteiger partial charge in [-0.05, 0) is 36.1 Å². The molecule has 114 valence electrons. The fourth-order valence-electron chi connectivity index (χ4n) is 2.15. The van der Waals surface area contributed by atoms with Crippen molar-refractivity contribution >= 4 is 21.2 Å². The molecule has 0 saturated carbocycles. The Morgan fingerprint density at radius 3 is 2.33 bits per heavy atom. The number of hydrogen-bond acceptors (Lipinski definition) is 4. The van der Waals surface area contributed by atoms with E-state index < -0.39 is 9.84 Å². The van der Waals surface area contributed by atoms with E-state index in [1.54, 1.807) is 23.5 Å². The summed E-state index contributed by atoms with van der Waals surface area (Å²) in [4.78, 5) is 1.74. The largest absolute Gasteiger partial charge is 0.310 e. The van der Waals surface area contributed by atoms with Crippen LogP contribution in [0.1, 0.15) is 36.2 Å². The van der Waals surface area contributed by atoms with Crippen molar-refractivity contribution in [1.82, 2.24) is 5.32 Å². The van der Waals surface area contributed by atoms with Gasteiger partial charge in [-0.15, -0.1) is 11.3 Å². The van der Waals surface area contributed by atoms with Crippen LogP contribution >= 0.6 is 11.3 Å². The van der Waals surface area contributed by atoms with Crippen LogP contribution in [0.25, 0.3) is 0 Å². The van der Waals surface area contributed by atoms with Gasteiger partial charge in [-0.3, -0.25) is 0 Å². The van der Waals surface area contributed by atoms with Gasteiger partial charge in [-0.2, -0.15) is 0 Å². The molecule has 0 saturated heterocycles. The van der Waals surface area contributed by atoms with Crippen molar-refractivity contribution < 1.29 is 8.42 Å². The van der Waals surface area contributed by atoms with Crippen molar-refractivity contribution in [3.63, 3.8) is 0 Å². The zero-order valence-electron chi connectivity index (χ0n) is 12.5. The average Bonchev–Trinajstić information content (AvgIpc) is 2.98. The standard InChI is InChI=1S/C16H21NO2S2/c1-12(16-5-4-10-20-16)11-17-13(2)14-6-8-15(9-7-14)21(3,18)19/h4-10,12-13,17H,11H2,1-3H3. The summed E-state index contributed by atoms with van der Waals surface area (Å²) in [5, 5.41) is 5.60. The third-order valence-corrected chi connectivity index (χ3v) is 5.80. The van der Waals surface area contributed by atoms with Crippen molar-refractivity contribution in [3.05, 3.63) is 52.2 Å². The van der Waals surface area contributed by atoms with Crippen LogP contribution in [0.2, 0.25) is 0 Å². The Hall–Kier alpha value is -1.17. The van der Waals surface area contributed by atoms with Crippen LogP contribution in [0.5, 0.6) is 0 Å². The third-order valence-electron chi connectivity index (χ3n) is 3.57. The molecule has 1 aromatic heterocycles. The number of nitrogens with one attached hydrogen (secondary N) is 1. The molecular formula is C16H21NO2S2. The summed E-state index contributed by atoms with van der Waals surface area (Å²) < 4.78 is 22.9. The zero-order chi connectivity index (χ0) is 15.5. The van der Waals surface area contributed by atoms with Gasteiger partial charge in [0, 0.05) is 29.6 Å². The van der Waals surface area contributed by atoms with E-state index in [1.165, 1.54) is 11.1 Å². The van der Waals surface area contributed by atoms with E-state index in [2.05, 4.69) is 36.7 Å². The van der Waals surface area contributed by atoms with Gasteiger partial charge in [-0.1, -0.05) is 25.1 Å². The summed E-state index contributed by atoms with van der Waals surface area (Å²) in [5.74, 6) is 0.475. The molecule has 1 N–H and O–H groups in total. The Morgan fingerprint density at radius 2 is 1.81 bits per heavy atom. The van der Waals surface area contributed by atoms with E-state index in [0.717, 1.165) is 12.1 Å². The van der Waals surface area contributed by atoms with E-state index >= 15 is 0 Å². The average molecular weight is 323 g/mol. The van der Waals surface area contributed by atoms with Crippen molar-refractivity contribution in [2.75, 3.05) is 12.8 Å². The fraction of sp³-hybridized carbons (Fsp3) is 0.375. The highest BCUT2D eigenvalue weighted by atomic mass is 32.2. The molecule has 0 amide bonds. The maximum Gasteiger partial charge on any atom is 0.175 e. The molecular weight excluding hydrogens is 302 g/mol. The third kappa shape index (κ3) is 4.40. The van der Waals surface area contributed by atoms with Gasteiger partial charge >= 0.3 is 0 Å². The first-order valence-corrected chi connectivity index (χ1v) is 9.72. The topological polar surface area (TPSA) is 46.2 Å². The van der Waals surface area contributed by atoms with E-state index in [9.17, 15) is 8.42 Å². The van der Waals surface area contributed by atoms with Gasteiger partial charge in [0.15, 0.2) is 9.84 Å². The first-order chi connectivity index (χ1) is 9.88. The molecule has 0 aliphatic heterocycles. The molecule has 5 heteroatoms. The van der Waals surface area contributed by atoms with Gasteiger partial charge in [-0.25, -0.2) is 8.42 Å². The summed E-state index contributed by atoms with van der Waals surface area (Å²) in [6, 6.07) is 11.5. The lowest BCUT2D eigenvalue weighted by atomic mass is 10.1. The van der Waals surface area contributed by atoms with E-state index in [4.69, 9.17) is 0 Å². The van der Waals surface area contributed by atoms with E-state index in [-0.39, 0.29) is 6.04 Å². The fourth-order valence-corrected chi connectivity index (χ4v) is 3.56. The maximum absolute atomic E-state index is 11.4. The first kappa shape index (κ1) is 16.2. The first-order valence-electron chi connectivity index (χ1n) is 6.94. The van der Waals surface area contributed by atoms with Crippen LogP contribution in [-0.4, -0.2) is 21.2 Å².